The molecule has 2 aromatic heterocycles. The van der Waals surface area contributed by atoms with E-state index in [0.717, 1.165) is 24.2 Å². The SMILES string of the molecule is O=C(O)c1ccnc(N2CCC(O)(c3ccc(OCc4c(-c5c(Cl)cccc5Cl)noc4C4CC4)cc3Cl)C2)c1. The number of benzene rings is 2. The molecule has 2 fully saturated rings. The summed E-state index contributed by atoms with van der Waals surface area (Å²) in [6.07, 6.45) is 3.89. The molecule has 0 radical (unpaired) electrons. The minimum Gasteiger partial charge on any atom is -0.489 e. The lowest BCUT2D eigenvalue weighted by molar-refractivity contribution is 0.0606. The highest BCUT2D eigenvalue weighted by Gasteiger charge is 2.40. The fraction of sp³-hybridized carbons (Fsp3) is 0.276. The lowest BCUT2D eigenvalue weighted by atomic mass is 9.93. The van der Waals surface area contributed by atoms with Crippen molar-refractivity contribution in [2.75, 3.05) is 18.0 Å². The number of aromatic carboxylic acids is 1. The van der Waals surface area contributed by atoms with Crippen molar-refractivity contribution < 1.29 is 24.3 Å². The number of hydrogen-bond donors (Lipinski definition) is 2. The van der Waals surface area contributed by atoms with E-state index in [1.165, 1.54) is 18.3 Å². The molecule has 1 saturated heterocycles. The van der Waals surface area contributed by atoms with Crippen LogP contribution in [0.3, 0.4) is 0 Å². The van der Waals surface area contributed by atoms with Gasteiger partial charge in [0.05, 0.1) is 32.7 Å². The summed E-state index contributed by atoms with van der Waals surface area (Å²) >= 11 is 19.6. The Hall–Kier alpha value is -3.30. The first-order valence-electron chi connectivity index (χ1n) is 12.8. The predicted molar refractivity (Wildman–Crippen MR) is 152 cm³/mol. The number of carboxylic acids is 1. The fourth-order valence-electron chi connectivity index (χ4n) is 5.10. The molecule has 3 heterocycles. The first kappa shape index (κ1) is 26.9. The third-order valence-corrected chi connectivity index (χ3v) is 8.30. The van der Waals surface area contributed by atoms with Crippen LogP contribution in [0.2, 0.25) is 15.1 Å². The van der Waals surface area contributed by atoms with E-state index < -0.39 is 11.6 Å². The molecule has 2 aromatic carbocycles. The number of carboxylic acid groups (broad SMARTS) is 1. The molecule has 4 aromatic rings. The van der Waals surface area contributed by atoms with Gasteiger partial charge in [-0.3, -0.25) is 0 Å². The first-order valence-corrected chi connectivity index (χ1v) is 13.9. The number of aliphatic hydroxyl groups is 1. The van der Waals surface area contributed by atoms with Gasteiger partial charge in [0.15, 0.2) is 0 Å². The van der Waals surface area contributed by atoms with Crippen LogP contribution in [0.4, 0.5) is 5.82 Å². The maximum atomic E-state index is 11.5. The molecule has 0 amide bonds. The molecule has 1 aliphatic carbocycles. The molecule has 11 heteroatoms. The van der Waals surface area contributed by atoms with Crippen LogP contribution in [0.1, 0.15) is 52.4 Å². The number of hydrogen-bond acceptors (Lipinski definition) is 7. The Morgan fingerprint density at radius 2 is 1.88 bits per heavy atom. The zero-order chi connectivity index (χ0) is 28.0. The van der Waals surface area contributed by atoms with Crippen molar-refractivity contribution in [1.82, 2.24) is 10.1 Å². The van der Waals surface area contributed by atoms with Crippen molar-refractivity contribution in [1.29, 1.82) is 0 Å². The highest BCUT2D eigenvalue weighted by molar-refractivity contribution is 6.39. The molecule has 2 N–H and O–H groups in total. The van der Waals surface area contributed by atoms with Crippen LogP contribution in [0.25, 0.3) is 11.3 Å². The van der Waals surface area contributed by atoms with Crippen molar-refractivity contribution in [3.8, 4) is 17.0 Å². The van der Waals surface area contributed by atoms with Gasteiger partial charge in [0.1, 0.15) is 35.2 Å². The number of rotatable bonds is 8. The number of β-amino-alcohol motifs (C(OH)–C–C–N with tert-alkyl or cyclic N) is 1. The van der Waals surface area contributed by atoms with E-state index in [9.17, 15) is 15.0 Å². The average molecular weight is 601 g/mol. The van der Waals surface area contributed by atoms with Crippen LogP contribution in [0.15, 0.2) is 59.3 Å². The van der Waals surface area contributed by atoms with E-state index in [1.54, 1.807) is 36.4 Å². The van der Waals surface area contributed by atoms with Gasteiger partial charge < -0.3 is 24.4 Å². The summed E-state index contributed by atoms with van der Waals surface area (Å²) in [5, 5.41) is 26.4. The van der Waals surface area contributed by atoms with E-state index >= 15 is 0 Å². The van der Waals surface area contributed by atoms with E-state index in [2.05, 4.69) is 10.1 Å². The zero-order valence-corrected chi connectivity index (χ0v) is 23.4. The Balaban J connectivity index is 1.21. The summed E-state index contributed by atoms with van der Waals surface area (Å²) in [6.45, 7) is 0.883. The minimum absolute atomic E-state index is 0.137. The molecule has 6 rings (SSSR count). The quantitative estimate of drug-likeness (QED) is 0.224. The lowest BCUT2D eigenvalue weighted by Gasteiger charge is -2.25. The third-order valence-electron chi connectivity index (χ3n) is 7.36. The summed E-state index contributed by atoms with van der Waals surface area (Å²) in [4.78, 5) is 17.5. The molecule has 40 heavy (non-hydrogen) atoms. The summed E-state index contributed by atoms with van der Waals surface area (Å²) in [5.41, 5.74) is 1.41. The van der Waals surface area contributed by atoms with Crippen LogP contribution in [0, 0.1) is 0 Å². The number of pyridine rings is 1. The molecular weight excluding hydrogens is 577 g/mol. The molecule has 206 valence electrons. The highest BCUT2D eigenvalue weighted by atomic mass is 35.5. The van der Waals surface area contributed by atoms with Gasteiger partial charge in [-0.15, -0.1) is 0 Å². The Labute approximate surface area is 245 Å². The topological polar surface area (TPSA) is 109 Å². The second-order valence-electron chi connectivity index (χ2n) is 10.1. The average Bonchev–Trinajstić information content (AvgIpc) is 3.57. The number of ether oxygens (including phenoxy) is 1. The van der Waals surface area contributed by atoms with E-state index in [-0.39, 0.29) is 24.6 Å². The smallest absolute Gasteiger partial charge is 0.335 e. The molecule has 2 aliphatic rings. The van der Waals surface area contributed by atoms with Gasteiger partial charge in [-0.25, -0.2) is 9.78 Å². The molecule has 1 aliphatic heterocycles. The Morgan fingerprint density at radius 3 is 2.58 bits per heavy atom. The number of aromatic nitrogens is 2. The molecule has 1 saturated carbocycles. The lowest BCUT2D eigenvalue weighted by Crippen LogP contribution is -2.31. The Kier molecular flexibility index (Phi) is 7.12. The Morgan fingerprint density at radius 1 is 1.10 bits per heavy atom. The largest absolute Gasteiger partial charge is 0.489 e. The molecule has 0 bridgehead atoms. The van der Waals surface area contributed by atoms with Crippen LogP contribution >= 0.6 is 34.8 Å². The summed E-state index contributed by atoms with van der Waals surface area (Å²) in [6, 6.07) is 13.4. The monoisotopic (exact) mass is 599 g/mol. The van der Waals surface area contributed by atoms with Gasteiger partial charge in [0.25, 0.3) is 0 Å². The van der Waals surface area contributed by atoms with Gasteiger partial charge in [0.2, 0.25) is 0 Å². The Bertz CT molecular complexity index is 1590. The fourth-order valence-corrected chi connectivity index (χ4v) is 6.02. The molecule has 8 nitrogen and oxygen atoms in total. The van der Waals surface area contributed by atoms with Gasteiger partial charge >= 0.3 is 5.97 Å². The van der Waals surface area contributed by atoms with Gasteiger partial charge in [-0.1, -0.05) is 52.1 Å². The van der Waals surface area contributed by atoms with E-state index in [4.69, 9.17) is 44.1 Å². The van der Waals surface area contributed by atoms with Crippen LogP contribution in [-0.2, 0) is 12.2 Å². The third kappa shape index (κ3) is 5.12. The van der Waals surface area contributed by atoms with Crippen molar-refractivity contribution >= 4 is 46.6 Å². The number of nitrogens with zero attached hydrogens (tertiary/aromatic N) is 3. The van der Waals surface area contributed by atoms with Gasteiger partial charge in [-0.05, 0) is 55.7 Å². The van der Waals surface area contributed by atoms with Crippen LogP contribution in [-0.4, -0.2) is 39.4 Å². The van der Waals surface area contributed by atoms with Crippen LogP contribution < -0.4 is 9.64 Å². The van der Waals surface area contributed by atoms with Crippen molar-refractivity contribution in [3.63, 3.8) is 0 Å². The normalized spacial score (nSPS) is 18.8. The molecular formula is C29H24Cl3N3O5. The molecule has 1 atom stereocenters. The maximum Gasteiger partial charge on any atom is 0.335 e. The highest BCUT2D eigenvalue weighted by Crippen LogP contribution is 2.46. The zero-order valence-electron chi connectivity index (χ0n) is 21.1. The van der Waals surface area contributed by atoms with Crippen molar-refractivity contribution in [3.05, 3.63) is 92.2 Å². The summed E-state index contributed by atoms with van der Waals surface area (Å²) in [5.74, 6) is 1.03. The number of carbonyl (C=O) groups is 1. The van der Waals surface area contributed by atoms with Crippen molar-refractivity contribution in [2.24, 2.45) is 0 Å². The van der Waals surface area contributed by atoms with E-state index in [0.29, 0.717) is 56.4 Å². The number of anilines is 1. The number of halogens is 3. The predicted octanol–water partition coefficient (Wildman–Crippen LogP) is 6.95. The standard InChI is InChI=1S/C29H24Cl3N3O5/c30-21-2-1-3-22(31)25(21)26-19(27(40-34-26)16-4-5-16)14-39-18-6-7-20(23(32)13-18)29(38)9-11-35(15-29)24-12-17(28(36)37)8-10-33-24/h1-3,6-8,10,12-13,16,38H,4-5,9,11,14-15H2,(H,36,37). The molecule has 0 spiro atoms. The second kappa shape index (κ2) is 10.6. The van der Waals surface area contributed by atoms with Gasteiger partial charge in [0, 0.05) is 29.8 Å². The molecule has 1 unspecified atom stereocenters. The van der Waals surface area contributed by atoms with Crippen LogP contribution in [0.5, 0.6) is 5.75 Å². The van der Waals surface area contributed by atoms with Crippen molar-refractivity contribution in [2.45, 2.75) is 37.4 Å². The van der Waals surface area contributed by atoms with E-state index in [1.807, 2.05) is 4.90 Å². The first-order chi connectivity index (χ1) is 19.2. The summed E-state index contributed by atoms with van der Waals surface area (Å²) < 4.78 is 11.9. The minimum atomic E-state index is -1.24. The summed E-state index contributed by atoms with van der Waals surface area (Å²) in [7, 11) is 0. The second-order valence-corrected chi connectivity index (χ2v) is 11.3. The maximum absolute atomic E-state index is 11.5. The van der Waals surface area contributed by atoms with Gasteiger partial charge in [-0.2, -0.15) is 0 Å².